The number of hydrogen-bond donors (Lipinski definition) is 2. The van der Waals surface area contributed by atoms with Crippen molar-refractivity contribution >= 4 is 23.2 Å². The molecular weight excluding hydrogens is 412 g/mol. The molecule has 0 unspecified atom stereocenters. The molecule has 33 heavy (non-hydrogen) atoms. The maximum atomic E-state index is 12.9. The van der Waals surface area contributed by atoms with Crippen molar-refractivity contribution in [3.8, 4) is 5.75 Å². The van der Waals surface area contributed by atoms with Gasteiger partial charge in [0, 0.05) is 17.7 Å². The zero-order valence-corrected chi connectivity index (χ0v) is 18.0. The van der Waals surface area contributed by atoms with Gasteiger partial charge in [0.1, 0.15) is 5.75 Å². The molecule has 0 spiro atoms. The third kappa shape index (κ3) is 6.08. The zero-order valence-electron chi connectivity index (χ0n) is 18.0. The summed E-state index contributed by atoms with van der Waals surface area (Å²) in [5.41, 5.74) is 3.14. The molecule has 164 valence electrons. The van der Waals surface area contributed by atoms with Gasteiger partial charge in [0.25, 0.3) is 11.8 Å². The summed E-state index contributed by atoms with van der Waals surface area (Å²) in [7, 11) is 0. The second kappa shape index (κ2) is 10.8. The lowest BCUT2D eigenvalue weighted by molar-refractivity contribution is 0.102. The molecule has 0 saturated carbocycles. The van der Waals surface area contributed by atoms with E-state index < -0.39 is 0 Å². The Morgan fingerprint density at radius 1 is 0.667 bits per heavy atom. The van der Waals surface area contributed by atoms with E-state index in [4.69, 9.17) is 4.74 Å². The standard InChI is InChI=1S/C28H24N2O3/c31-27(22-12-9-15-24(20-22)33-19-18-21-10-3-1-4-11-21)30-26-17-8-7-16-25(26)28(32)29-23-13-5-2-6-14-23/h1-17,20H,18-19H2,(H,29,32)(H,30,31). The first-order valence-electron chi connectivity index (χ1n) is 10.7. The predicted octanol–water partition coefficient (Wildman–Crippen LogP) is 5.81. The van der Waals surface area contributed by atoms with Crippen LogP contribution >= 0.6 is 0 Å². The van der Waals surface area contributed by atoms with E-state index in [0.29, 0.717) is 34.9 Å². The first kappa shape index (κ1) is 21.8. The van der Waals surface area contributed by atoms with Gasteiger partial charge in [0.2, 0.25) is 0 Å². The van der Waals surface area contributed by atoms with E-state index in [-0.39, 0.29) is 11.8 Å². The number of amides is 2. The van der Waals surface area contributed by atoms with Crippen molar-refractivity contribution in [2.45, 2.75) is 6.42 Å². The Morgan fingerprint density at radius 2 is 1.36 bits per heavy atom. The Kier molecular flexibility index (Phi) is 7.13. The maximum absolute atomic E-state index is 12.9. The lowest BCUT2D eigenvalue weighted by Crippen LogP contribution is -2.18. The lowest BCUT2D eigenvalue weighted by Gasteiger charge is -2.12. The van der Waals surface area contributed by atoms with Gasteiger partial charge in [0.15, 0.2) is 0 Å². The molecule has 0 aliphatic heterocycles. The molecular formula is C28H24N2O3. The molecule has 0 fully saturated rings. The SMILES string of the molecule is O=C(Nc1ccccc1C(=O)Nc1ccccc1)c1cccc(OCCc2ccccc2)c1. The van der Waals surface area contributed by atoms with E-state index in [1.807, 2.05) is 54.6 Å². The fourth-order valence-electron chi connectivity index (χ4n) is 3.36. The summed E-state index contributed by atoms with van der Waals surface area (Å²) in [6.07, 6.45) is 0.779. The van der Waals surface area contributed by atoms with Crippen LogP contribution in [0.15, 0.2) is 109 Å². The van der Waals surface area contributed by atoms with Crippen LogP contribution in [0.3, 0.4) is 0 Å². The van der Waals surface area contributed by atoms with E-state index >= 15 is 0 Å². The first-order valence-corrected chi connectivity index (χ1v) is 10.7. The van der Waals surface area contributed by atoms with Crippen LogP contribution in [0.1, 0.15) is 26.3 Å². The predicted molar refractivity (Wildman–Crippen MR) is 131 cm³/mol. The molecule has 0 radical (unpaired) electrons. The van der Waals surface area contributed by atoms with Crippen molar-refractivity contribution in [1.29, 1.82) is 0 Å². The molecule has 0 atom stereocenters. The summed E-state index contributed by atoms with van der Waals surface area (Å²) in [6.45, 7) is 0.511. The van der Waals surface area contributed by atoms with E-state index in [1.165, 1.54) is 5.56 Å². The smallest absolute Gasteiger partial charge is 0.257 e. The van der Waals surface area contributed by atoms with Crippen molar-refractivity contribution in [2.24, 2.45) is 0 Å². The van der Waals surface area contributed by atoms with Gasteiger partial charge in [-0.3, -0.25) is 9.59 Å². The number of para-hydroxylation sites is 2. The first-order chi connectivity index (χ1) is 16.2. The molecule has 2 amide bonds. The number of benzene rings is 4. The van der Waals surface area contributed by atoms with Crippen molar-refractivity contribution in [3.05, 3.63) is 126 Å². The normalized spacial score (nSPS) is 10.3. The van der Waals surface area contributed by atoms with Gasteiger partial charge >= 0.3 is 0 Å². The molecule has 5 nitrogen and oxygen atoms in total. The molecule has 4 aromatic carbocycles. The Morgan fingerprint density at radius 3 is 2.15 bits per heavy atom. The molecule has 0 bridgehead atoms. The van der Waals surface area contributed by atoms with E-state index in [1.54, 1.807) is 42.5 Å². The number of ether oxygens (including phenoxy) is 1. The molecule has 0 aliphatic rings. The minimum absolute atomic E-state index is 0.296. The average molecular weight is 437 g/mol. The molecule has 0 aliphatic carbocycles. The highest BCUT2D eigenvalue weighted by atomic mass is 16.5. The molecule has 0 saturated heterocycles. The Bertz CT molecular complexity index is 1220. The molecule has 0 aromatic heterocycles. The largest absolute Gasteiger partial charge is 0.493 e. The van der Waals surface area contributed by atoms with Crippen LogP contribution in [0.5, 0.6) is 5.75 Å². The van der Waals surface area contributed by atoms with Crippen molar-refractivity contribution in [3.63, 3.8) is 0 Å². The van der Waals surface area contributed by atoms with Gasteiger partial charge < -0.3 is 15.4 Å². The average Bonchev–Trinajstić information content (AvgIpc) is 2.86. The quantitative estimate of drug-likeness (QED) is 0.366. The summed E-state index contributed by atoms with van der Waals surface area (Å²) in [6, 6.07) is 33.2. The third-order valence-corrected chi connectivity index (χ3v) is 5.05. The second-order valence-electron chi connectivity index (χ2n) is 7.43. The summed E-state index contributed by atoms with van der Waals surface area (Å²) in [5, 5.41) is 5.69. The highest BCUT2D eigenvalue weighted by molar-refractivity contribution is 6.12. The summed E-state index contributed by atoms with van der Waals surface area (Å²) >= 11 is 0. The minimum atomic E-state index is -0.316. The van der Waals surface area contributed by atoms with Crippen LogP contribution < -0.4 is 15.4 Å². The molecule has 4 aromatic rings. The van der Waals surface area contributed by atoms with Gasteiger partial charge in [0.05, 0.1) is 17.9 Å². The topological polar surface area (TPSA) is 67.4 Å². The maximum Gasteiger partial charge on any atom is 0.257 e. The fraction of sp³-hybridized carbons (Fsp3) is 0.0714. The Labute approximate surface area is 193 Å². The van der Waals surface area contributed by atoms with Crippen LogP contribution in [0.25, 0.3) is 0 Å². The monoisotopic (exact) mass is 436 g/mol. The number of nitrogens with one attached hydrogen (secondary N) is 2. The lowest BCUT2D eigenvalue weighted by atomic mass is 10.1. The number of carbonyl (C=O) groups is 2. The Balaban J connectivity index is 1.41. The highest BCUT2D eigenvalue weighted by Crippen LogP contribution is 2.20. The molecule has 0 heterocycles. The van der Waals surface area contributed by atoms with E-state index in [0.717, 1.165) is 6.42 Å². The zero-order chi connectivity index (χ0) is 22.9. The summed E-state index contributed by atoms with van der Waals surface area (Å²) < 4.78 is 5.84. The molecule has 2 N–H and O–H groups in total. The fourth-order valence-corrected chi connectivity index (χ4v) is 3.36. The number of hydrogen-bond acceptors (Lipinski definition) is 3. The van der Waals surface area contributed by atoms with Crippen LogP contribution in [-0.4, -0.2) is 18.4 Å². The highest BCUT2D eigenvalue weighted by Gasteiger charge is 2.15. The number of rotatable bonds is 8. The second-order valence-corrected chi connectivity index (χ2v) is 7.43. The van der Waals surface area contributed by atoms with Gasteiger partial charge in [-0.05, 0) is 48.0 Å². The third-order valence-electron chi connectivity index (χ3n) is 5.05. The van der Waals surface area contributed by atoms with Gasteiger partial charge in [-0.15, -0.1) is 0 Å². The van der Waals surface area contributed by atoms with Crippen LogP contribution in [0, 0.1) is 0 Å². The van der Waals surface area contributed by atoms with Crippen LogP contribution in [-0.2, 0) is 6.42 Å². The van der Waals surface area contributed by atoms with Crippen LogP contribution in [0.4, 0.5) is 11.4 Å². The molecule has 5 heteroatoms. The van der Waals surface area contributed by atoms with E-state index in [9.17, 15) is 9.59 Å². The van der Waals surface area contributed by atoms with Gasteiger partial charge in [-0.2, -0.15) is 0 Å². The number of carbonyl (C=O) groups excluding carboxylic acids is 2. The van der Waals surface area contributed by atoms with Crippen molar-refractivity contribution in [1.82, 2.24) is 0 Å². The minimum Gasteiger partial charge on any atom is -0.493 e. The van der Waals surface area contributed by atoms with Gasteiger partial charge in [-0.1, -0.05) is 66.7 Å². The molecule has 4 rings (SSSR count). The summed E-state index contributed by atoms with van der Waals surface area (Å²) in [4.78, 5) is 25.7. The van der Waals surface area contributed by atoms with E-state index in [2.05, 4.69) is 22.8 Å². The van der Waals surface area contributed by atoms with Crippen LogP contribution in [0.2, 0.25) is 0 Å². The van der Waals surface area contributed by atoms with Crippen molar-refractivity contribution < 1.29 is 14.3 Å². The van der Waals surface area contributed by atoms with Gasteiger partial charge in [-0.25, -0.2) is 0 Å². The van der Waals surface area contributed by atoms with Crippen molar-refractivity contribution in [2.75, 3.05) is 17.2 Å². The summed E-state index contributed by atoms with van der Waals surface area (Å²) in [5.74, 6) is 0.00672. The Hall–Kier alpha value is -4.38. The number of anilines is 2.